The van der Waals surface area contributed by atoms with Gasteiger partial charge in [0.1, 0.15) is 6.04 Å². The molecule has 0 radical (unpaired) electrons. The fraction of sp³-hybridized carbons (Fsp3) is 0.833. The lowest BCUT2D eigenvalue weighted by molar-refractivity contribution is -0.139. The predicted molar refractivity (Wildman–Crippen MR) is 76.3 cm³/mol. The van der Waals surface area contributed by atoms with Crippen molar-refractivity contribution in [1.29, 1.82) is 0 Å². The first-order chi connectivity index (χ1) is 9.04. The van der Waals surface area contributed by atoms with Crippen LogP contribution in [-0.4, -0.2) is 47.2 Å². The van der Waals surface area contributed by atoms with Crippen LogP contribution in [-0.2, 0) is 4.79 Å². The Morgan fingerprint density at radius 1 is 1.42 bits per heavy atom. The van der Waals surface area contributed by atoms with Crippen LogP contribution >= 0.6 is 11.8 Å². The summed E-state index contributed by atoms with van der Waals surface area (Å²) in [7, 11) is 0. The molecule has 3 unspecified atom stereocenters. The van der Waals surface area contributed by atoms with Gasteiger partial charge in [-0.05, 0) is 31.3 Å². The van der Waals surface area contributed by atoms with Crippen LogP contribution in [0.2, 0.25) is 0 Å². The van der Waals surface area contributed by atoms with Gasteiger partial charge in [-0.2, -0.15) is 11.8 Å². The van der Waals surface area contributed by atoms with Gasteiger partial charge in [0.25, 0.3) is 0 Å². The van der Waals surface area contributed by atoms with E-state index < -0.39 is 18.0 Å². The van der Waals surface area contributed by atoms with Crippen molar-refractivity contribution in [3.05, 3.63) is 0 Å². The normalized spacial score (nSPS) is 24.5. The van der Waals surface area contributed by atoms with Crippen LogP contribution < -0.4 is 16.4 Å². The molecule has 19 heavy (non-hydrogen) atoms. The van der Waals surface area contributed by atoms with E-state index in [9.17, 15) is 9.59 Å². The summed E-state index contributed by atoms with van der Waals surface area (Å²) in [6.45, 7) is 0. The minimum Gasteiger partial charge on any atom is -0.480 e. The van der Waals surface area contributed by atoms with Crippen molar-refractivity contribution in [1.82, 2.24) is 10.6 Å². The minimum atomic E-state index is -1.00. The fourth-order valence-corrected chi connectivity index (χ4v) is 2.67. The maximum atomic E-state index is 11.8. The molecule has 110 valence electrons. The number of rotatable bonds is 6. The third kappa shape index (κ3) is 5.69. The second kappa shape index (κ2) is 8.27. The van der Waals surface area contributed by atoms with Crippen molar-refractivity contribution in [3.8, 4) is 0 Å². The van der Waals surface area contributed by atoms with Gasteiger partial charge < -0.3 is 21.5 Å². The number of amides is 2. The number of nitrogens with two attached hydrogens (primary N) is 1. The van der Waals surface area contributed by atoms with Crippen molar-refractivity contribution in [2.75, 3.05) is 12.0 Å². The smallest absolute Gasteiger partial charge is 0.326 e. The van der Waals surface area contributed by atoms with Gasteiger partial charge >= 0.3 is 12.0 Å². The molecule has 6 nitrogen and oxygen atoms in total. The van der Waals surface area contributed by atoms with E-state index in [-0.39, 0.29) is 12.1 Å². The Morgan fingerprint density at radius 3 is 2.68 bits per heavy atom. The lowest BCUT2D eigenvalue weighted by Crippen LogP contribution is -2.54. The molecular formula is C12H23N3O3S. The van der Waals surface area contributed by atoms with Gasteiger partial charge in [-0.1, -0.05) is 12.8 Å². The number of nitrogens with one attached hydrogen (secondary N) is 2. The first-order valence-corrected chi connectivity index (χ1v) is 7.98. The van der Waals surface area contributed by atoms with Crippen molar-refractivity contribution < 1.29 is 14.7 Å². The van der Waals surface area contributed by atoms with Crippen LogP contribution in [0, 0.1) is 0 Å². The summed E-state index contributed by atoms with van der Waals surface area (Å²) in [6, 6.07) is -1.36. The number of carbonyl (C=O) groups excluding carboxylic acids is 1. The van der Waals surface area contributed by atoms with Crippen LogP contribution in [0.4, 0.5) is 4.79 Å². The quantitative estimate of drug-likeness (QED) is 0.578. The van der Waals surface area contributed by atoms with Crippen LogP contribution in [0.1, 0.15) is 32.1 Å². The Labute approximate surface area is 117 Å². The highest BCUT2D eigenvalue weighted by atomic mass is 32.2. The minimum absolute atomic E-state index is 0.0334. The predicted octanol–water partition coefficient (Wildman–Crippen LogP) is 0.762. The van der Waals surface area contributed by atoms with Gasteiger partial charge in [-0.25, -0.2) is 9.59 Å². The van der Waals surface area contributed by atoms with E-state index in [4.69, 9.17) is 10.8 Å². The van der Waals surface area contributed by atoms with E-state index in [2.05, 4.69) is 10.6 Å². The first kappa shape index (κ1) is 16.1. The molecule has 7 heteroatoms. The standard InChI is InChI=1S/C12H23N3O3S/c1-19-7-6-10(11(16)17)15-12(18)14-9-5-3-2-4-8(9)13/h8-10H,2-7,13H2,1H3,(H,16,17)(H2,14,15,18). The molecule has 0 saturated heterocycles. The Balaban J connectivity index is 2.40. The Kier molecular flexibility index (Phi) is 7.01. The zero-order chi connectivity index (χ0) is 14.3. The summed E-state index contributed by atoms with van der Waals surface area (Å²) in [6.07, 6.45) is 6.22. The first-order valence-electron chi connectivity index (χ1n) is 6.59. The number of hydrogen-bond donors (Lipinski definition) is 4. The highest BCUT2D eigenvalue weighted by Gasteiger charge is 2.25. The Morgan fingerprint density at radius 2 is 2.11 bits per heavy atom. The number of carboxylic acid groups (broad SMARTS) is 1. The topological polar surface area (TPSA) is 104 Å². The molecule has 1 saturated carbocycles. The van der Waals surface area contributed by atoms with Crippen LogP contribution in [0.3, 0.4) is 0 Å². The number of aliphatic carboxylic acids is 1. The molecule has 1 rings (SSSR count). The lowest BCUT2D eigenvalue weighted by Gasteiger charge is -2.29. The Hall–Kier alpha value is -0.950. The van der Waals surface area contributed by atoms with Gasteiger partial charge in [-0.3, -0.25) is 0 Å². The summed E-state index contributed by atoms with van der Waals surface area (Å²) < 4.78 is 0. The Bertz CT molecular complexity index is 315. The van der Waals surface area contributed by atoms with E-state index in [1.165, 1.54) is 0 Å². The molecular weight excluding hydrogens is 266 g/mol. The van der Waals surface area contributed by atoms with E-state index >= 15 is 0 Å². The number of carboxylic acids is 1. The van der Waals surface area contributed by atoms with Crippen molar-refractivity contribution >= 4 is 23.8 Å². The van der Waals surface area contributed by atoms with Gasteiger partial charge in [0.15, 0.2) is 0 Å². The van der Waals surface area contributed by atoms with Gasteiger partial charge in [-0.15, -0.1) is 0 Å². The molecule has 0 aromatic carbocycles. The highest BCUT2D eigenvalue weighted by molar-refractivity contribution is 7.98. The highest BCUT2D eigenvalue weighted by Crippen LogP contribution is 2.16. The zero-order valence-corrected chi connectivity index (χ0v) is 12.0. The van der Waals surface area contributed by atoms with Crippen molar-refractivity contribution in [2.24, 2.45) is 5.73 Å². The van der Waals surface area contributed by atoms with Crippen molar-refractivity contribution in [2.45, 2.75) is 50.2 Å². The second-order valence-corrected chi connectivity index (χ2v) is 5.83. The van der Waals surface area contributed by atoms with Gasteiger partial charge in [0, 0.05) is 12.1 Å². The maximum absolute atomic E-state index is 11.8. The molecule has 5 N–H and O–H groups in total. The molecule has 0 aromatic heterocycles. The molecule has 0 aliphatic heterocycles. The summed E-state index contributed by atoms with van der Waals surface area (Å²) in [4.78, 5) is 22.8. The lowest BCUT2D eigenvalue weighted by atomic mass is 9.91. The molecule has 0 aromatic rings. The summed E-state index contributed by atoms with van der Waals surface area (Å²) in [5, 5.41) is 14.3. The molecule has 0 bridgehead atoms. The van der Waals surface area contributed by atoms with Crippen LogP contribution in [0.25, 0.3) is 0 Å². The average Bonchev–Trinajstić information content (AvgIpc) is 2.37. The van der Waals surface area contributed by atoms with Gasteiger partial charge in [0.2, 0.25) is 0 Å². The monoisotopic (exact) mass is 289 g/mol. The molecule has 1 aliphatic carbocycles. The number of carbonyl (C=O) groups is 2. The van der Waals surface area contributed by atoms with E-state index in [1.54, 1.807) is 11.8 Å². The summed E-state index contributed by atoms with van der Waals surface area (Å²) >= 11 is 1.56. The summed E-state index contributed by atoms with van der Waals surface area (Å²) in [5.74, 6) is -0.308. The van der Waals surface area contributed by atoms with E-state index in [0.29, 0.717) is 12.2 Å². The third-order valence-corrected chi connectivity index (χ3v) is 3.99. The van der Waals surface area contributed by atoms with Crippen LogP contribution in [0.5, 0.6) is 0 Å². The molecule has 0 heterocycles. The van der Waals surface area contributed by atoms with Crippen LogP contribution in [0.15, 0.2) is 0 Å². The average molecular weight is 289 g/mol. The summed E-state index contributed by atoms with van der Waals surface area (Å²) in [5.41, 5.74) is 5.94. The SMILES string of the molecule is CSCCC(NC(=O)NC1CCCCC1N)C(=O)O. The number of urea groups is 1. The number of hydrogen-bond acceptors (Lipinski definition) is 4. The fourth-order valence-electron chi connectivity index (χ4n) is 2.20. The maximum Gasteiger partial charge on any atom is 0.326 e. The molecule has 1 fully saturated rings. The second-order valence-electron chi connectivity index (χ2n) is 4.84. The van der Waals surface area contributed by atoms with Gasteiger partial charge in [0.05, 0.1) is 0 Å². The zero-order valence-electron chi connectivity index (χ0n) is 11.2. The largest absolute Gasteiger partial charge is 0.480 e. The molecule has 1 aliphatic rings. The third-order valence-electron chi connectivity index (χ3n) is 3.35. The molecule has 0 spiro atoms. The number of thioether (sulfide) groups is 1. The van der Waals surface area contributed by atoms with E-state index in [0.717, 1.165) is 25.7 Å². The van der Waals surface area contributed by atoms with E-state index in [1.807, 2.05) is 6.26 Å². The molecule has 3 atom stereocenters. The molecule has 2 amide bonds. The van der Waals surface area contributed by atoms with Crippen molar-refractivity contribution in [3.63, 3.8) is 0 Å².